The second-order valence-corrected chi connectivity index (χ2v) is 6.90. The molecule has 2 atom stereocenters. The molecule has 5 rings (SSSR count). The van der Waals surface area contributed by atoms with Crippen LogP contribution in [-0.2, 0) is 16.9 Å². The topological polar surface area (TPSA) is 29.5 Å². The summed E-state index contributed by atoms with van der Waals surface area (Å²) in [6.45, 7) is 0.511. The van der Waals surface area contributed by atoms with Crippen LogP contribution in [-0.4, -0.2) is 17.4 Å². The van der Waals surface area contributed by atoms with E-state index in [1.54, 1.807) is 0 Å². The Balaban J connectivity index is 1.65. The second kappa shape index (κ2) is 5.82. The Morgan fingerprint density at radius 2 is 1.54 bits per heavy atom. The normalized spacial score (nSPS) is 23.8. The van der Waals surface area contributed by atoms with Crippen LogP contribution in [0.4, 0.5) is 0 Å². The van der Waals surface area contributed by atoms with Gasteiger partial charge in [0.2, 0.25) is 0 Å². The van der Waals surface area contributed by atoms with Gasteiger partial charge in [0.15, 0.2) is 5.72 Å². The summed E-state index contributed by atoms with van der Waals surface area (Å²) in [5.74, 6) is 0.0582. The van der Waals surface area contributed by atoms with Crippen molar-refractivity contribution in [1.29, 1.82) is 0 Å². The van der Waals surface area contributed by atoms with E-state index in [2.05, 4.69) is 24.3 Å². The van der Waals surface area contributed by atoms with Gasteiger partial charge in [0.05, 0.1) is 12.6 Å². The number of amides is 1. The molecule has 0 radical (unpaired) electrons. The lowest BCUT2D eigenvalue weighted by Crippen LogP contribution is -2.42. The van der Waals surface area contributed by atoms with Crippen LogP contribution in [0.15, 0.2) is 84.9 Å². The molecule has 26 heavy (non-hydrogen) atoms. The van der Waals surface area contributed by atoms with Gasteiger partial charge in [0, 0.05) is 17.5 Å². The molecule has 3 aromatic carbocycles. The first kappa shape index (κ1) is 15.4. The quantitative estimate of drug-likeness (QED) is 0.710. The van der Waals surface area contributed by atoms with Crippen molar-refractivity contribution in [2.24, 2.45) is 0 Å². The van der Waals surface area contributed by atoms with Gasteiger partial charge in [-0.25, -0.2) is 0 Å². The third-order valence-corrected chi connectivity index (χ3v) is 5.45. The molecule has 3 heteroatoms. The highest BCUT2D eigenvalue weighted by Gasteiger charge is 2.57. The maximum atomic E-state index is 13.3. The number of benzene rings is 3. The Hall–Kier alpha value is -2.91. The molecule has 0 unspecified atom stereocenters. The summed E-state index contributed by atoms with van der Waals surface area (Å²) in [6.07, 6.45) is 0.653. The zero-order valence-electron chi connectivity index (χ0n) is 14.3. The van der Waals surface area contributed by atoms with E-state index in [1.165, 1.54) is 0 Å². The zero-order valence-corrected chi connectivity index (χ0v) is 14.3. The Labute approximate surface area is 152 Å². The molecular formula is C23H19NO2. The maximum absolute atomic E-state index is 13.3. The second-order valence-electron chi connectivity index (χ2n) is 6.90. The van der Waals surface area contributed by atoms with Gasteiger partial charge in [-0.1, -0.05) is 78.9 Å². The lowest BCUT2D eigenvalue weighted by Gasteiger charge is -2.34. The fourth-order valence-corrected chi connectivity index (χ4v) is 4.29. The first-order chi connectivity index (χ1) is 12.8. The van der Waals surface area contributed by atoms with E-state index in [4.69, 9.17) is 4.74 Å². The summed E-state index contributed by atoms with van der Waals surface area (Å²) >= 11 is 0. The number of hydrogen-bond donors (Lipinski definition) is 0. The lowest BCUT2D eigenvalue weighted by molar-refractivity contribution is -0.0667. The zero-order chi connectivity index (χ0) is 17.6. The molecular weight excluding hydrogens is 322 g/mol. The van der Waals surface area contributed by atoms with Crippen LogP contribution in [0.5, 0.6) is 0 Å². The minimum Gasteiger partial charge on any atom is -0.348 e. The van der Waals surface area contributed by atoms with E-state index in [-0.39, 0.29) is 11.9 Å². The van der Waals surface area contributed by atoms with Gasteiger partial charge in [0.1, 0.15) is 0 Å². The summed E-state index contributed by atoms with van der Waals surface area (Å²) in [5.41, 5.74) is 3.28. The van der Waals surface area contributed by atoms with Gasteiger partial charge in [-0.05, 0) is 17.2 Å². The average molecular weight is 341 g/mol. The van der Waals surface area contributed by atoms with E-state index in [0.717, 1.165) is 22.3 Å². The highest BCUT2D eigenvalue weighted by Crippen LogP contribution is 2.51. The standard InChI is InChI=1S/C23H19NO2/c25-22-19-13-7-8-14-20(19)23(15-17-9-3-1-4-10-17)24(22)21(16-26-23)18-11-5-2-6-12-18/h1-14,21H,15-16H2/t21-,23-/m0/s1. The molecule has 0 aliphatic carbocycles. The molecule has 1 saturated heterocycles. The number of carbonyl (C=O) groups excluding carboxylic acids is 1. The molecule has 1 amide bonds. The fraction of sp³-hybridized carbons (Fsp3) is 0.174. The van der Waals surface area contributed by atoms with Crippen molar-refractivity contribution in [1.82, 2.24) is 4.90 Å². The van der Waals surface area contributed by atoms with E-state index >= 15 is 0 Å². The Morgan fingerprint density at radius 1 is 0.885 bits per heavy atom. The Morgan fingerprint density at radius 3 is 2.31 bits per heavy atom. The number of carbonyl (C=O) groups is 1. The smallest absolute Gasteiger partial charge is 0.257 e. The van der Waals surface area contributed by atoms with Gasteiger partial charge in [-0.3, -0.25) is 9.69 Å². The van der Waals surface area contributed by atoms with Crippen LogP contribution in [0.3, 0.4) is 0 Å². The summed E-state index contributed by atoms with van der Waals surface area (Å²) in [7, 11) is 0. The molecule has 3 aromatic rings. The van der Waals surface area contributed by atoms with Crippen molar-refractivity contribution in [3.8, 4) is 0 Å². The SMILES string of the molecule is O=C1c2ccccc2[C@]2(Cc3ccccc3)OC[C@@H](c3ccccc3)N12. The number of rotatable bonds is 3. The van der Waals surface area contributed by atoms with Crippen LogP contribution >= 0.6 is 0 Å². The van der Waals surface area contributed by atoms with Crippen molar-refractivity contribution in [2.45, 2.75) is 18.2 Å². The highest BCUT2D eigenvalue weighted by molar-refractivity contribution is 6.00. The highest BCUT2D eigenvalue weighted by atomic mass is 16.5. The van der Waals surface area contributed by atoms with Crippen molar-refractivity contribution >= 4 is 5.91 Å². The van der Waals surface area contributed by atoms with Crippen molar-refractivity contribution in [3.05, 3.63) is 107 Å². The molecule has 2 aliphatic heterocycles. The third-order valence-electron chi connectivity index (χ3n) is 5.45. The predicted molar refractivity (Wildman–Crippen MR) is 99.6 cm³/mol. The van der Waals surface area contributed by atoms with Gasteiger partial charge < -0.3 is 4.74 Å². The van der Waals surface area contributed by atoms with E-state index in [1.807, 2.05) is 65.6 Å². The third kappa shape index (κ3) is 2.14. The molecule has 0 aromatic heterocycles. The van der Waals surface area contributed by atoms with Gasteiger partial charge in [-0.15, -0.1) is 0 Å². The molecule has 2 aliphatic rings. The molecule has 2 heterocycles. The molecule has 0 N–H and O–H groups in total. The van der Waals surface area contributed by atoms with Crippen molar-refractivity contribution in [2.75, 3.05) is 6.61 Å². The van der Waals surface area contributed by atoms with E-state index in [9.17, 15) is 4.79 Å². The van der Waals surface area contributed by atoms with Crippen molar-refractivity contribution < 1.29 is 9.53 Å². The minimum atomic E-state index is -0.727. The lowest BCUT2D eigenvalue weighted by atomic mass is 9.94. The molecule has 0 spiro atoms. The first-order valence-corrected chi connectivity index (χ1v) is 8.96. The number of hydrogen-bond acceptors (Lipinski definition) is 2. The average Bonchev–Trinajstić information content (AvgIpc) is 3.18. The van der Waals surface area contributed by atoms with E-state index in [0.29, 0.717) is 13.0 Å². The van der Waals surface area contributed by atoms with Crippen LogP contribution in [0.1, 0.15) is 33.1 Å². The summed E-state index contributed by atoms with van der Waals surface area (Å²) in [5, 5.41) is 0. The fourth-order valence-electron chi connectivity index (χ4n) is 4.29. The van der Waals surface area contributed by atoms with Crippen LogP contribution in [0, 0.1) is 0 Å². The van der Waals surface area contributed by atoms with Crippen LogP contribution < -0.4 is 0 Å². The first-order valence-electron chi connectivity index (χ1n) is 8.96. The number of fused-ring (bicyclic) bond motifs is 3. The van der Waals surface area contributed by atoms with Gasteiger partial charge in [-0.2, -0.15) is 0 Å². The Kier molecular flexibility index (Phi) is 3.44. The molecule has 0 saturated carbocycles. The largest absolute Gasteiger partial charge is 0.348 e. The monoisotopic (exact) mass is 341 g/mol. The summed E-state index contributed by atoms with van der Waals surface area (Å²) in [4.78, 5) is 15.3. The minimum absolute atomic E-state index is 0.0582. The van der Waals surface area contributed by atoms with Crippen molar-refractivity contribution in [3.63, 3.8) is 0 Å². The van der Waals surface area contributed by atoms with Gasteiger partial charge in [0.25, 0.3) is 5.91 Å². The maximum Gasteiger partial charge on any atom is 0.257 e. The molecule has 3 nitrogen and oxygen atoms in total. The van der Waals surface area contributed by atoms with E-state index < -0.39 is 5.72 Å². The van der Waals surface area contributed by atoms with Gasteiger partial charge >= 0.3 is 0 Å². The molecule has 0 bridgehead atoms. The Bertz CT molecular complexity index is 954. The molecule has 128 valence electrons. The predicted octanol–water partition coefficient (Wildman–Crippen LogP) is 4.31. The molecule has 1 fully saturated rings. The number of nitrogens with zero attached hydrogens (tertiary/aromatic N) is 1. The summed E-state index contributed by atoms with van der Waals surface area (Å²) in [6, 6.07) is 28.2. The summed E-state index contributed by atoms with van der Waals surface area (Å²) < 4.78 is 6.44. The number of ether oxygens (including phenoxy) is 1. The van der Waals surface area contributed by atoms with Crippen LogP contribution in [0.25, 0.3) is 0 Å². The van der Waals surface area contributed by atoms with Crippen LogP contribution in [0.2, 0.25) is 0 Å².